The molecule has 0 bridgehead atoms. The standard InChI is InChI=1S/C57H55N15O2/c1-13-41(73)61-50-28(3)15-17-35-46-44-31(6)37(49-29(4)24-68(10)64-49)22-59-57(44)72(55(46)40-26-69(11)65-54(40)47(35)50)25-33-16-18-34-45-43-30(5)36(38-23-60-70(12)32(38)7)21-58-56(43)63-52(45)39-27-71(20-19-67(8)9)66-53(39)48(34)51(33)62-42(74)14-2/h13-18,21-24,26-27,66H,1-2,19-20,25H2,3-12H3,(H,61,73)(H,62,74). The van der Waals surface area contributed by atoms with Gasteiger partial charge in [0.05, 0.1) is 52.9 Å². The largest absolute Gasteiger partial charge is 0.322 e. The van der Waals surface area contributed by atoms with Gasteiger partial charge in [0.1, 0.15) is 11.2 Å². The molecule has 0 fully saturated rings. The summed E-state index contributed by atoms with van der Waals surface area (Å²) < 4.78 is 9.86. The molecule has 17 nitrogen and oxygen atoms in total. The van der Waals surface area contributed by atoms with Crippen molar-refractivity contribution < 1.29 is 9.59 Å². The molecular formula is C57H55N15O2. The lowest BCUT2D eigenvalue weighted by atomic mass is 9.94. The molecule has 3 N–H and O–H groups in total. The summed E-state index contributed by atoms with van der Waals surface area (Å²) in [5, 5.41) is 33.8. The SMILES string of the molecule is C=CC(=O)Nc1c(C)ccc2c1c1nn(C)cc1c1c2c2c(C)c(-c3nn(C)cc3C)cnc2n1Cc1ccc2c(c1NC(=O)C=C)c1[nH]n(CCN(C)C)cc1c1nc3ncc(-c4cnn(C)c4C)c(C)c3c21. The minimum Gasteiger partial charge on any atom is -0.322 e. The number of carbonyl (C=O) groups excluding carboxylic acids is 2. The van der Waals surface area contributed by atoms with Gasteiger partial charge >= 0.3 is 0 Å². The fraction of sp³-hybridized carbons (Fsp3) is 0.228. The van der Waals surface area contributed by atoms with Gasteiger partial charge in [-0.2, -0.15) is 15.3 Å². The highest BCUT2D eigenvalue weighted by atomic mass is 16.2. The van der Waals surface area contributed by atoms with Crippen molar-refractivity contribution in [2.75, 3.05) is 31.3 Å². The lowest BCUT2D eigenvalue weighted by Gasteiger charge is -2.18. The molecule has 0 aliphatic carbocycles. The average Bonchev–Trinajstić information content (AvgIpc) is 4.24. The van der Waals surface area contributed by atoms with Crippen LogP contribution in [-0.4, -0.2) is 96.0 Å². The Kier molecular flexibility index (Phi) is 10.5. The second kappa shape index (κ2) is 16.8. The third kappa shape index (κ3) is 6.79. The first-order chi connectivity index (χ1) is 35.6. The summed E-state index contributed by atoms with van der Waals surface area (Å²) in [4.78, 5) is 45.0. The number of pyridine rings is 2. The van der Waals surface area contributed by atoms with Crippen molar-refractivity contribution in [1.82, 2.24) is 63.5 Å². The molecule has 0 saturated heterocycles. The Bertz CT molecular complexity index is 4450. The Morgan fingerprint density at radius 2 is 1.39 bits per heavy atom. The highest BCUT2D eigenvalue weighted by Crippen LogP contribution is 2.48. The zero-order chi connectivity index (χ0) is 51.8. The van der Waals surface area contributed by atoms with E-state index in [1.807, 2.05) is 79.2 Å². The monoisotopic (exact) mass is 981 g/mol. The highest BCUT2D eigenvalue weighted by molar-refractivity contribution is 6.35. The first-order valence-electron chi connectivity index (χ1n) is 24.5. The molecule has 8 heterocycles. The van der Waals surface area contributed by atoms with E-state index in [1.165, 1.54) is 12.2 Å². The molecule has 12 aromatic rings. The van der Waals surface area contributed by atoms with E-state index in [0.29, 0.717) is 23.6 Å². The van der Waals surface area contributed by atoms with Crippen molar-refractivity contribution in [3.05, 3.63) is 120 Å². The van der Waals surface area contributed by atoms with E-state index < -0.39 is 0 Å². The number of nitrogens with one attached hydrogen (secondary N) is 3. The molecule has 0 saturated carbocycles. The Morgan fingerprint density at radius 1 is 0.689 bits per heavy atom. The molecule has 8 aromatic heterocycles. The van der Waals surface area contributed by atoms with Crippen LogP contribution < -0.4 is 10.6 Å². The number of rotatable bonds is 11. The molecule has 17 heteroatoms. The van der Waals surface area contributed by atoms with Crippen LogP contribution in [0.1, 0.15) is 33.5 Å². The second-order valence-corrected chi connectivity index (χ2v) is 19.9. The van der Waals surface area contributed by atoms with Gasteiger partial charge in [0.15, 0.2) is 5.65 Å². The number of nitrogens with zero attached hydrogens (tertiary/aromatic N) is 12. The average molecular weight is 982 g/mol. The second-order valence-electron chi connectivity index (χ2n) is 19.9. The third-order valence-corrected chi connectivity index (χ3v) is 15.0. The third-order valence-electron chi connectivity index (χ3n) is 15.0. The molecule has 74 heavy (non-hydrogen) atoms. The van der Waals surface area contributed by atoms with Crippen molar-refractivity contribution in [2.45, 2.75) is 47.7 Å². The summed E-state index contributed by atoms with van der Waals surface area (Å²) >= 11 is 0. The summed E-state index contributed by atoms with van der Waals surface area (Å²) in [5.74, 6) is -0.672. The first kappa shape index (κ1) is 46.1. The number of aromatic nitrogens is 12. The first-order valence-corrected chi connectivity index (χ1v) is 24.5. The van der Waals surface area contributed by atoms with Crippen molar-refractivity contribution in [1.29, 1.82) is 0 Å². The zero-order valence-electron chi connectivity index (χ0n) is 43.1. The number of amides is 2. The number of hydrogen-bond acceptors (Lipinski definition) is 9. The molecule has 2 amide bonds. The number of anilines is 2. The van der Waals surface area contributed by atoms with Crippen LogP contribution in [0.25, 0.3) is 110 Å². The van der Waals surface area contributed by atoms with E-state index in [2.05, 4.69) is 114 Å². The number of benzene rings is 4. The molecular weight excluding hydrogens is 927 g/mol. The predicted molar refractivity (Wildman–Crippen MR) is 297 cm³/mol. The minimum absolute atomic E-state index is 0.282. The Labute approximate surface area is 424 Å². The number of aryl methyl sites for hydroxylation is 7. The summed E-state index contributed by atoms with van der Waals surface area (Å²) in [6, 6.07) is 8.42. The van der Waals surface area contributed by atoms with Crippen LogP contribution >= 0.6 is 0 Å². The number of aromatic amines is 1. The number of carbonyl (C=O) groups is 2. The predicted octanol–water partition coefficient (Wildman–Crippen LogP) is 9.96. The van der Waals surface area contributed by atoms with E-state index >= 15 is 0 Å². The van der Waals surface area contributed by atoms with Crippen LogP contribution in [0, 0.1) is 34.6 Å². The lowest BCUT2D eigenvalue weighted by molar-refractivity contribution is -0.112. The number of likely N-dealkylation sites (N-methyl/N-ethyl adjacent to an activating group) is 1. The molecule has 0 atom stereocenters. The van der Waals surface area contributed by atoms with Gasteiger partial charge in [0, 0.05) is 124 Å². The van der Waals surface area contributed by atoms with E-state index in [-0.39, 0.29) is 18.4 Å². The van der Waals surface area contributed by atoms with Gasteiger partial charge in [0.2, 0.25) is 11.8 Å². The van der Waals surface area contributed by atoms with Crippen molar-refractivity contribution in [3.8, 4) is 22.4 Å². The fourth-order valence-electron chi connectivity index (χ4n) is 11.3. The Hall–Kier alpha value is -8.96. The molecule has 12 rings (SSSR count). The summed E-state index contributed by atoms with van der Waals surface area (Å²) in [5.41, 5.74) is 15.5. The maximum absolute atomic E-state index is 14.0. The van der Waals surface area contributed by atoms with Crippen molar-refractivity contribution >= 4 is 110 Å². The Balaban J connectivity index is 1.21. The number of H-pyrrole nitrogens is 1. The molecule has 0 aliphatic heterocycles. The van der Waals surface area contributed by atoms with E-state index in [9.17, 15) is 9.59 Å². The van der Waals surface area contributed by atoms with Crippen LogP contribution in [0.4, 0.5) is 11.4 Å². The topological polar surface area (TPSA) is 179 Å². The summed E-state index contributed by atoms with van der Waals surface area (Å²) in [6.45, 7) is 19.8. The fourth-order valence-corrected chi connectivity index (χ4v) is 11.3. The van der Waals surface area contributed by atoms with Crippen LogP contribution in [0.5, 0.6) is 0 Å². The molecule has 0 radical (unpaired) electrons. The van der Waals surface area contributed by atoms with E-state index in [4.69, 9.17) is 25.1 Å². The normalized spacial score (nSPS) is 12.1. The van der Waals surface area contributed by atoms with E-state index in [0.717, 1.165) is 144 Å². The molecule has 4 aromatic carbocycles. The van der Waals surface area contributed by atoms with Crippen LogP contribution in [0.2, 0.25) is 0 Å². The van der Waals surface area contributed by atoms with Gasteiger partial charge in [-0.05, 0) is 99.5 Å². The molecule has 0 spiro atoms. The zero-order valence-corrected chi connectivity index (χ0v) is 43.1. The highest BCUT2D eigenvalue weighted by Gasteiger charge is 2.29. The van der Waals surface area contributed by atoms with Gasteiger partial charge in [0.25, 0.3) is 0 Å². The Morgan fingerprint density at radius 3 is 2.09 bits per heavy atom. The number of fused-ring (bicyclic) bond motifs is 16. The van der Waals surface area contributed by atoms with Gasteiger partial charge in [-0.3, -0.25) is 33.4 Å². The molecule has 0 aliphatic rings. The molecule has 0 unspecified atom stereocenters. The van der Waals surface area contributed by atoms with Gasteiger partial charge < -0.3 is 20.1 Å². The van der Waals surface area contributed by atoms with Crippen LogP contribution in [-0.2, 0) is 43.8 Å². The quantitative estimate of drug-likeness (QED) is 0.106. The van der Waals surface area contributed by atoms with Crippen molar-refractivity contribution in [2.24, 2.45) is 21.1 Å². The summed E-state index contributed by atoms with van der Waals surface area (Å²) in [7, 11) is 9.89. The van der Waals surface area contributed by atoms with Crippen LogP contribution in [0.15, 0.2) is 86.8 Å². The van der Waals surface area contributed by atoms with E-state index in [1.54, 1.807) is 0 Å². The minimum atomic E-state index is -0.353. The molecule has 370 valence electrons. The lowest BCUT2D eigenvalue weighted by Crippen LogP contribution is -2.18. The van der Waals surface area contributed by atoms with Crippen LogP contribution in [0.3, 0.4) is 0 Å². The van der Waals surface area contributed by atoms with Gasteiger partial charge in [-0.25, -0.2) is 15.0 Å². The maximum Gasteiger partial charge on any atom is 0.247 e. The summed E-state index contributed by atoms with van der Waals surface area (Å²) in [6.07, 6.45) is 14.5. The smallest absolute Gasteiger partial charge is 0.247 e. The van der Waals surface area contributed by atoms with Crippen molar-refractivity contribution in [3.63, 3.8) is 0 Å². The van der Waals surface area contributed by atoms with Gasteiger partial charge in [-0.1, -0.05) is 37.4 Å². The number of hydrogen-bond donors (Lipinski definition) is 3. The maximum atomic E-state index is 14.0. The van der Waals surface area contributed by atoms with Gasteiger partial charge in [-0.15, -0.1) is 0 Å².